The van der Waals surface area contributed by atoms with Crippen LogP contribution in [0.5, 0.6) is 0 Å². The highest BCUT2D eigenvalue weighted by Crippen LogP contribution is 2.21. The fraction of sp³-hybridized carbons (Fsp3) is 0.818. The van der Waals surface area contributed by atoms with E-state index in [0.717, 1.165) is 12.8 Å². The molecule has 0 bridgehead atoms. The van der Waals surface area contributed by atoms with Crippen molar-refractivity contribution < 1.29 is 19.4 Å². The molecular weight excluding hydrogens is 228 g/mol. The fourth-order valence-corrected chi connectivity index (χ4v) is 2.37. The summed E-state index contributed by atoms with van der Waals surface area (Å²) in [6.45, 7) is 5.77. The van der Waals surface area contributed by atoms with Crippen molar-refractivity contribution in [1.82, 2.24) is 0 Å². The number of carboxylic acid groups (broad SMARTS) is 1. The van der Waals surface area contributed by atoms with Gasteiger partial charge in [-0.2, -0.15) is 0 Å². The van der Waals surface area contributed by atoms with Crippen molar-refractivity contribution in [2.75, 3.05) is 12.4 Å². The molecule has 94 valence electrons. The third-order valence-corrected chi connectivity index (χ3v) is 3.59. The topological polar surface area (TPSA) is 63.6 Å². The number of carboxylic acids is 1. The van der Waals surface area contributed by atoms with Gasteiger partial charge in [0.1, 0.15) is 5.25 Å². The lowest BCUT2D eigenvalue weighted by Gasteiger charge is -2.15. The molecule has 0 rings (SSSR count). The average Bonchev–Trinajstić information content (AvgIpc) is 2.23. The summed E-state index contributed by atoms with van der Waals surface area (Å²) in [5.41, 5.74) is 0. The summed E-state index contributed by atoms with van der Waals surface area (Å²) in [7, 11) is 0. The van der Waals surface area contributed by atoms with E-state index in [4.69, 9.17) is 9.84 Å². The number of esters is 1. The monoisotopic (exact) mass is 248 g/mol. The Hall–Kier alpha value is -0.710. The normalized spacial score (nSPS) is 14.2. The quantitative estimate of drug-likeness (QED) is 0.667. The van der Waals surface area contributed by atoms with Crippen LogP contribution in [0.2, 0.25) is 0 Å². The Morgan fingerprint density at radius 1 is 1.38 bits per heavy atom. The Labute approximate surface area is 101 Å². The molecule has 0 aromatic rings. The molecule has 0 aliphatic heterocycles. The number of thioether (sulfide) groups is 1. The maximum atomic E-state index is 11.5. The van der Waals surface area contributed by atoms with Crippen molar-refractivity contribution in [2.24, 2.45) is 5.92 Å². The fourth-order valence-electron chi connectivity index (χ4n) is 1.10. The predicted octanol–water partition coefficient (Wildman–Crippen LogP) is 2.17. The van der Waals surface area contributed by atoms with Gasteiger partial charge in [0.2, 0.25) is 0 Å². The Balaban J connectivity index is 4.12. The van der Waals surface area contributed by atoms with E-state index in [9.17, 15) is 9.59 Å². The molecular formula is C11H20O4S. The molecule has 0 saturated heterocycles. The van der Waals surface area contributed by atoms with Gasteiger partial charge in [0.25, 0.3) is 0 Å². The highest BCUT2D eigenvalue weighted by atomic mass is 32.2. The van der Waals surface area contributed by atoms with Crippen molar-refractivity contribution in [1.29, 1.82) is 0 Å². The summed E-state index contributed by atoms with van der Waals surface area (Å²) in [6, 6.07) is 0. The van der Waals surface area contributed by atoms with Gasteiger partial charge < -0.3 is 9.84 Å². The maximum absolute atomic E-state index is 11.5. The largest absolute Gasteiger partial charge is 0.481 e. The number of rotatable bonds is 8. The first-order valence-electron chi connectivity index (χ1n) is 5.53. The molecule has 0 aromatic heterocycles. The lowest BCUT2D eigenvalue weighted by Crippen LogP contribution is -2.23. The van der Waals surface area contributed by atoms with Gasteiger partial charge in [-0.25, -0.2) is 0 Å². The standard InChI is InChI=1S/C11H20O4S/c1-4-6-9(11(14)15-5-2)16-7-8(3)10(12)13/h8-9H,4-7H2,1-3H3,(H,12,13). The predicted molar refractivity (Wildman–Crippen MR) is 64.6 cm³/mol. The number of hydrogen-bond donors (Lipinski definition) is 1. The van der Waals surface area contributed by atoms with Gasteiger partial charge in [0.05, 0.1) is 12.5 Å². The van der Waals surface area contributed by atoms with Crippen molar-refractivity contribution in [3.8, 4) is 0 Å². The van der Waals surface area contributed by atoms with Crippen molar-refractivity contribution in [3.63, 3.8) is 0 Å². The lowest BCUT2D eigenvalue weighted by molar-refractivity contribution is -0.143. The molecule has 16 heavy (non-hydrogen) atoms. The highest BCUT2D eigenvalue weighted by Gasteiger charge is 2.21. The number of aliphatic carboxylic acids is 1. The molecule has 0 saturated carbocycles. The first-order valence-corrected chi connectivity index (χ1v) is 6.58. The second-order valence-corrected chi connectivity index (χ2v) is 4.84. The van der Waals surface area contributed by atoms with Gasteiger partial charge in [-0.15, -0.1) is 11.8 Å². The van der Waals surface area contributed by atoms with Crippen LogP contribution in [-0.2, 0) is 14.3 Å². The molecule has 0 spiro atoms. The van der Waals surface area contributed by atoms with E-state index in [2.05, 4.69) is 0 Å². The zero-order chi connectivity index (χ0) is 12.6. The van der Waals surface area contributed by atoms with Crippen molar-refractivity contribution in [3.05, 3.63) is 0 Å². The first-order chi connectivity index (χ1) is 7.52. The van der Waals surface area contributed by atoms with E-state index in [1.54, 1.807) is 13.8 Å². The van der Waals surface area contributed by atoms with Crippen LogP contribution in [0, 0.1) is 5.92 Å². The number of ether oxygens (including phenoxy) is 1. The minimum Gasteiger partial charge on any atom is -0.481 e. The van der Waals surface area contributed by atoms with Crippen LogP contribution in [0.4, 0.5) is 0 Å². The van der Waals surface area contributed by atoms with E-state index in [1.807, 2.05) is 6.92 Å². The van der Waals surface area contributed by atoms with Gasteiger partial charge in [-0.3, -0.25) is 9.59 Å². The third kappa shape index (κ3) is 6.00. The summed E-state index contributed by atoms with van der Waals surface area (Å²) >= 11 is 1.38. The Bertz CT molecular complexity index is 230. The van der Waals surface area contributed by atoms with Crippen LogP contribution in [0.15, 0.2) is 0 Å². The SMILES string of the molecule is CCCC(SCC(C)C(=O)O)C(=O)OCC. The molecule has 1 N–H and O–H groups in total. The summed E-state index contributed by atoms with van der Waals surface area (Å²) in [5, 5.41) is 8.51. The molecule has 0 aromatic carbocycles. The van der Waals surface area contributed by atoms with Crippen LogP contribution in [0.1, 0.15) is 33.6 Å². The Kier molecular flexibility index (Phi) is 8.07. The molecule has 4 nitrogen and oxygen atoms in total. The van der Waals surface area contributed by atoms with Gasteiger partial charge in [0.15, 0.2) is 0 Å². The number of carbonyl (C=O) groups is 2. The maximum Gasteiger partial charge on any atom is 0.319 e. The molecule has 2 atom stereocenters. The average molecular weight is 248 g/mol. The summed E-state index contributed by atoms with van der Waals surface area (Å²) in [4.78, 5) is 22.2. The summed E-state index contributed by atoms with van der Waals surface area (Å²) in [6.07, 6.45) is 1.62. The first kappa shape index (κ1) is 15.3. The smallest absolute Gasteiger partial charge is 0.319 e. The molecule has 0 aliphatic carbocycles. The van der Waals surface area contributed by atoms with Crippen LogP contribution in [0.3, 0.4) is 0 Å². The molecule has 2 unspecified atom stereocenters. The van der Waals surface area contributed by atoms with Crippen molar-refractivity contribution >= 4 is 23.7 Å². The van der Waals surface area contributed by atoms with E-state index >= 15 is 0 Å². The zero-order valence-electron chi connectivity index (χ0n) is 10.1. The van der Waals surface area contributed by atoms with Crippen LogP contribution in [-0.4, -0.2) is 34.7 Å². The van der Waals surface area contributed by atoms with Gasteiger partial charge in [-0.05, 0) is 13.3 Å². The third-order valence-electron chi connectivity index (χ3n) is 2.07. The van der Waals surface area contributed by atoms with Crippen LogP contribution < -0.4 is 0 Å². The van der Waals surface area contributed by atoms with Crippen LogP contribution in [0.25, 0.3) is 0 Å². The van der Waals surface area contributed by atoms with Gasteiger partial charge >= 0.3 is 11.9 Å². The van der Waals surface area contributed by atoms with Crippen LogP contribution >= 0.6 is 11.8 Å². The lowest BCUT2D eigenvalue weighted by atomic mass is 10.2. The van der Waals surface area contributed by atoms with E-state index in [0.29, 0.717) is 12.4 Å². The summed E-state index contributed by atoms with van der Waals surface area (Å²) < 4.78 is 4.94. The van der Waals surface area contributed by atoms with Gasteiger partial charge in [0, 0.05) is 5.75 Å². The second kappa shape index (κ2) is 8.44. The number of carbonyl (C=O) groups excluding carboxylic acids is 1. The van der Waals surface area contributed by atoms with E-state index in [1.165, 1.54) is 11.8 Å². The van der Waals surface area contributed by atoms with Gasteiger partial charge in [-0.1, -0.05) is 20.3 Å². The highest BCUT2D eigenvalue weighted by molar-refractivity contribution is 8.00. The molecule has 0 fully saturated rings. The summed E-state index contributed by atoms with van der Waals surface area (Å²) in [5.74, 6) is -1.05. The zero-order valence-corrected chi connectivity index (χ0v) is 10.9. The minimum atomic E-state index is -0.827. The molecule has 0 amide bonds. The minimum absolute atomic E-state index is 0.230. The molecule has 0 radical (unpaired) electrons. The number of hydrogen-bond acceptors (Lipinski definition) is 4. The molecule has 0 heterocycles. The van der Waals surface area contributed by atoms with Crippen molar-refractivity contribution in [2.45, 2.75) is 38.9 Å². The Morgan fingerprint density at radius 2 is 2.00 bits per heavy atom. The molecule has 0 aliphatic rings. The molecule has 5 heteroatoms. The van der Waals surface area contributed by atoms with E-state index < -0.39 is 11.9 Å². The van der Waals surface area contributed by atoms with E-state index in [-0.39, 0.29) is 11.2 Å². The Morgan fingerprint density at radius 3 is 2.44 bits per heavy atom. The second-order valence-electron chi connectivity index (χ2n) is 3.60.